The fourth-order valence-electron chi connectivity index (χ4n) is 3.54. The van der Waals surface area contributed by atoms with Crippen molar-refractivity contribution in [1.29, 1.82) is 0 Å². The Bertz CT molecular complexity index is 408. The summed E-state index contributed by atoms with van der Waals surface area (Å²) < 4.78 is 0. The monoisotopic (exact) mass is 244 g/mol. The van der Waals surface area contributed by atoms with Crippen molar-refractivity contribution in [3.05, 3.63) is 29.3 Å². The van der Waals surface area contributed by atoms with Crippen molar-refractivity contribution in [3.63, 3.8) is 0 Å². The zero-order valence-electron chi connectivity index (χ0n) is 11.2. The van der Waals surface area contributed by atoms with Gasteiger partial charge in [0.2, 0.25) is 0 Å². The Morgan fingerprint density at radius 1 is 1.22 bits per heavy atom. The van der Waals surface area contributed by atoms with Crippen LogP contribution in [-0.4, -0.2) is 19.1 Å². The van der Waals surface area contributed by atoms with Crippen LogP contribution < -0.4 is 10.6 Å². The van der Waals surface area contributed by atoms with Crippen molar-refractivity contribution in [1.82, 2.24) is 0 Å². The molecule has 1 aliphatic carbocycles. The number of nitrogens with two attached hydrogens (primary N) is 1. The molecule has 0 amide bonds. The molecule has 0 aromatic heterocycles. The van der Waals surface area contributed by atoms with Gasteiger partial charge in [-0.2, -0.15) is 0 Å². The third-order valence-corrected chi connectivity index (χ3v) is 4.51. The van der Waals surface area contributed by atoms with Gasteiger partial charge in [0.15, 0.2) is 0 Å². The summed E-state index contributed by atoms with van der Waals surface area (Å²) in [6, 6.07) is 7.90. The first-order valence-corrected chi connectivity index (χ1v) is 7.47. The van der Waals surface area contributed by atoms with Crippen molar-refractivity contribution < 1.29 is 0 Å². The molecule has 0 atom stereocenters. The minimum absolute atomic E-state index is 0.797. The molecule has 0 saturated heterocycles. The lowest BCUT2D eigenvalue weighted by Gasteiger charge is -2.26. The van der Waals surface area contributed by atoms with Crippen LogP contribution in [0.25, 0.3) is 0 Å². The maximum absolute atomic E-state index is 5.59. The molecule has 2 aliphatic rings. The van der Waals surface area contributed by atoms with E-state index < -0.39 is 0 Å². The van der Waals surface area contributed by atoms with Crippen molar-refractivity contribution in [2.45, 2.75) is 51.0 Å². The van der Waals surface area contributed by atoms with Gasteiger partial charge in [0.1, 0.15) is 0 Å². The van der Waals surface area contributed by atoms with Gasteiger partial charge < -0.3 is 10.6 Å². The van der Waals surface area contributed by atoms with Gasteiger partial charge in [0.05, 0.1) is 0 Å². The highest BCUT2D eigenvalue weighted by Crippen LogP contribution is 2.35. The molecule has 2 heteroatoms. The van der Waals surface area contributed by atoms with Gasteiger partial charge in [-0.15, -0.1) is 0 Å². The summed E-state index contributed by atoms with van der Waals surface area (Å²) in [6.07, 6.45) is 9.11. The van der Waals surface area contributed by atoms with Crippen LogP contribution in [0.5, 0.6) is 0 Å². The van der Waals surface area contributed by atoms with Crippen LogP contribution in [0.3, 0.4) is 0 Å². The number of anilines is 1. The minimum atomic E-state index is 0.797. The van der Waals surface area contributed by atoms with Gasteiger partial charge >= 0.3 is 0 Å². The Morgan fingerprint density at radius 2 is 2.06 bits per heavy atom. The van der Waals surface area contributed by atoms with E-state index in [1.807, 2.05) is 0 Å². The highest BCUT2D eigenvalue weighted by Gasteiger charge is 2.28. The van der Waals surface area contributed by atoms with Crippen LogP contribution in [0.15, 0.2) is 18.2 Å². The van der Waals surface area contributed by atoms with Crippen molar-refractivity contribution in [3.8, 4) is 0 Å². The van der Waals surface area contributed by atoms with E-state index in [-0.39, 0.29) is 0 Å². The fourth-order valence-corrected chi connectivity index (χ4v) is 3.54. The first-order valence-electron chi connectivity index (χ1n) is 7.47. The Morgan fingerprint density at radius 3 is 2.83 bits per heavy atom. The molecule has 2 nitrogen and oxygen atoms in total. The first kappa shape index (κ1) is 12.0. The fraction of sp³-hybridized carbons (Fsp3) is 0.625. The topological polar surface area (TPSA) is 29.3 Å². The van der Waals surface area contributed by atoms with Crippen LogP contribution in [0, 0.1) is 0 Å². The molecule has 18 heavy (non-hydrogen) atoms. The summed E-state index contributed by atoms with van der Waals surface area (Å²) in [6.45, 7) is 2.03. The number of nitrogens with zero attached hydrogens (tertiary/aromatic N) is 1. The highest BCUT2D eigenvalue weighted by molar-refractivity contribution is 5.60. The second-order valence-electron chi connectivity index (χ2n) is 5.74. The van der Waals surface area contributed by atoms with E-state index in [2.05, 4.69) is 23.1 Å². The van der Waals surface area contributed by atoms with Crippen molar-refractivity contribution >= 4 is 5.69 Å². The Labute approximate surface area is 110 Å². The minimum Gasteiger partial charge on any atom is -0.368 e. The Balaban J connectivity index is 1.76. The van der Waals surface area contributed by atoms with Gasteiger partial charge in [-0.25, -0.2) is 0 Å². The standard InChI is InChI=1S/C16H24N2/c17-10-3-4-13-7-8-16-14(12-13)9-11-18(16)15-5-1-2-6-15/h7-8,12,15H,1-6,9-11,17H2. The molecule has 0 bridgehead atoms. The molecule has 98 valence electrons. The van der Waals surface area contributed by atoms with Crippen molar-refractivity contribution in [2.75, 3.05) is 18.0 Å². The van der Waals surface area contributed by atoms with Crippen LogP contribution in [0.1, 0.15) is 43.2 Å². The quantitative estimate of drug-likeness (QED) is 0.882. The zero-order chi connectivity index (χ0) is 12.4. The molecule has 3 rings (SSSR count). The van der Waals surface area contributed by atoms with Crippen LogP contribution in [0.2, 0.25) is 0 Å². The van der Waals surface area contributed by atoms with Crippen LogP contribution in [0.4, 0.5) is 5.69 Å². The molecular weight excluding hydrogens is 220 g/mol. The Hall–Kier alpha value is -1.02. The van der Waals surface area contributed by atoms with E-state index in [0.29, 0.717) is 0 Å². The molecular formula is C16H24N2. The summed E-state index contributed by atoms with van der Waals surface area (Å²) in [5.74, 6) is 0. The molecule has 1 heterocycles. The Kier molecular flexibility index (Phi) is 3.55. The second-order valence-corrected chi connectivity index (χ2v) is 5.74. The lowest BCUT2D eigenvalue weighted by molar-refractivity contribution is 0.625. The number of rotatable bonds is 4. The number of hydrogen-bond donors (Lipinski definition) is 1. The van der Waals surface area contributed by atoms with Crippen LogP contribution >= 0.6 is 0 Å². The molecule has 1 aromatic carbocycles. The molecule has 2 N–H and O–H groups in total. The molecule has 0 unspecified atom stereocenters. The number of benzene rings is 1. The maximum Gasteiger partial charge on any atom is 0.0402 e. The van der Waals surface area contributed by atoms with Crippen LogP contribution in [-0.2, 0) is 12.8 Å². The SMILES string of the molecule is NCCCc1ccc2c(c1)CCN2C1CCCC1. The van der Waals surface area contributed by atoms with Crippen molar-refractivity contribution in [2.24, 2.45) is 5.73 Å². The summed E-state index contributed by atoms with van der Waals surface area (Å²) >= 11 is 0. The summed E-state index contributed by atoms with van der Waals surface area (Å²) in [5, 5.41) is 0. The zero-order valence-corrected chi connectivity index (χ0v) is 11.2. The van der Waals surface area contributed by atoms with Gasteiger partial charge in [-0.05, 0) is 55.8 Å². The van der Waals surface area contributed by atoms with E-state index in [1.54, 1.807) is 5.56 Å². The largest absolute Gasteiger partial charge is 0.368 e. The van der Waals surface area contributed by atoms with Gasteiger partial charge in [-0.1, -0.05) is 25.0 Å². The average Bonchev–Trinajstić information content (AvgIpc) is 3.04. The summed E-state index contributed by atoms with van der Waals surface area (Å²) in [7, 11) is 0. The number of aryl methyl sites for hydroxylation is 1. The van der Waals surface area contributed by atoms with E-state index in [9.17, 15) is 0 Å². The molecule has 0 radical (unpaired) electrons. The molecule has 0 spiro atoms. The predicted octanol–water partition coefficient (Wildman–Crippen LogP) is 2.88. The molecule has 1 fully saturated rings. The lowest BCUT2D eigenvalue weighted by Crippen LogP contribution is -2.31. The highest BCUT2D eigenvalue weighted by atomic mass is 15.2. The third kappa shape index (κ3) is 2.26. The van der Waals surface area contributed by atoms with E-state index in [0.717, 1.165) is 25.4 Å². The molecule has 1 saturated carbocycles. The number of hydrogen-bond acceptors (Lipinski definition) is 2. The van der Waals surface area contributed by atoms with E-state index in [4.69, 9.17) is 5.73 Å². The normalized spacial score (nSPS) is 19.5. The predicted molar refractivity (Wildman–Crippen MR) is 77.1 cm³/mol. The lowest BCUT2D eigenvalue weighted by atomic mass is 10.0. The number of fused-ring (bicyclic) bond motifs is 1. The summed E-state index contributed by atoms with van der Waals surface area (Å²) in [4.78, 5) is 2.66. The average molecular weight is 244 g/mol. The maximum atomic E-state index is 5.59. The molecule has 1 aliphatic heterocycles. The molecule has 1 aromatic rings. The van der Waals surface area contributed by atoms with Gasteiger partial charge in [-0.3, -0.25) is 0 Å². The first-order chi connectivity index (χ1) is 8.88. The smallest absolute Gasteiger partial charge is 0.0402 e. The van der Waals surface area contributed by atoms with Gasteiger partial charge in [0, 0.05) is 18.3 Å². The van der Waals surface area contributed by atoms with Gasteiger partial charge in [0.25, 0.3) is 0 Å². The summed E-state index contributed by atoms with van der Waals surface area (Å²) in [5.41, 5.74) is 10.1. The third-order valence-electron chi connectivity index (χ3n) is 4.51. The second kappa shape index (κ2) is 5.31. The van der Waals surface area contributed by atoms with E-state index >= 15 is 0 Å². The van der Waals surface area contributed by atoms with E-state index in [1.165, 1.54) is 49.9 Å².